The van der Waals surface area contributed by atoms with Crippen LogP contribution in [0.3, 0.4) is 0 Å². The van der Waals surface area contributed by atoms with Crippen LogP contribution in [0.5, 0.6) is 0 Å². The van der Waals surface area contributed by atoms with E-state index in [4.69, 9.17) is 11.6 Å². The van der Waals surface area contributed by atoms with E-state index in [-0.39, 0.29) is 16.5 Å². The van der Waals surface area contributed by atoms with Gasteiger partial charge in [-0.25, -0.2) is 12.8 Å². The normalized spacial score (nSPS) is 18.6. The van der Waals surface area contributed by atoms with Crippen molar-refractivity contribution < 1.29 is 12.8 Å². The van der Waals surface area contributed by atoms with Crippen LogP contribution in [0.1, 0.15) is 5.56 Å². The Labute approximate surface area is 147 Å². The highest BCUT2D eigenvalue weighted by Gasteiger charge is 2.24. The summed E-state index contributed by atoms with van der Waals surface area (Å²) in [5, 5.41) is 8.90. The van der Waals surface area contributed by atoms with Gasteiger partial charge >= 0.3 is 0 Å². The quantitative estimate of drug-likeness (QED) is 0.797. The van der Waals surface area contributed by atoms with Crippen molar-refractivity contribution in [1.82, 2.24) is 0 Å². The van der Waals surface area contributed by atoms with Crippen LogP contribution in [0.2, 0.25) is 5.02 Å². The number of thiol groups is 1. The first-order chi connectivity index (χ1) is 11.4. The first kappa shape index (κ1) is 17.1. The van der Waals surface area contributed by atoms with Gasteiger partial charge in [0.2, 0.25) is 0 Å². The predicted octanol–water partition coefficient (Wildman–Crippen LogP) is 3.81. The Kier molecular flexibility index (Phi) is 5.03. The van der Waals surface area contributed by atoms with E-state index >= 15 is 0 Å². The molecule has 1 aliphatic heterocycles. The van der Waals surface area contributed by atoms with Crippen LogP contribution in [-0.2, 0) is 15.6 Å². The van der Waals surface area contributed by atoms with Crippen molar-refractivity contribution in [1.29, 1.82) is 0 Å². The van der Waals surface area contributed by atoms with Gasteiger partial charge in [0.25, 0.3) is 0 Å². The molecule has 1 unspecified atom stereocenters. The number of nitrogens with zero attached hydrogens (tertiary/aromatic N) is 2. The number of benzene rings is 2. The average molecular weight is 385 g/mol. The van der Waals surface area contributed by atoms with Gasteiger partial charge in [0, 0.05) is 10.8 Å². The van der Waals surface area contributed by atoms with Gasteiger partial charge in [0.15, 0.2) is 9.84 Å². The maximum atomic E-state index is 13.0. The Morgan fingerprint density at radius 1 is 1.04 bits per heavy atom. The lowest BCUT2D eigenvalue weighted by Crippen LogP contribution is -2.16. The van der Waals surface area contributed by atoms with Gasteiger partial charge in [-0.3, -0.25) is 0 Å². The summed E-state index contributed by atoms with van der Waals surface area (Å²) in [5.74, 6) is 0.112. The number of hydrogen-bond acceptors (Lipinski definition) is 4. The third-order valence-electron chi connectivity index (χ3n) is 3.45. The lowest BCUT2D eigenvalue weighted by molar-refractivity contribution is 0.600. The van der Waals surface area contributed by atoms with Gasteiger partial charge < -0.3 is 0 Å². The zero-order valence-corrected chi connectivity index (χ0v) is 14.9. The first-order valence-corrected chi connectivity index (χ1v) is 10.7. The maximum absolute atomic E-state index is 13.0. The molecule has 4 nitrogen and oxygen atoms in total. The standard InChI is InChI=1S/C16H14ClFN2O2S2/c17-13-3-7-15(8-4-13)24(21,22)10-16-20-19-11-23(16)9-12-1-5-14(18)6-2-12/h1-8,11,23H,9-10H2. The Morgan fingerprint density at radius 2 is 1.71 bits per heavy atom. The molecule has 0 saturated heterocycles. The highest BCUT2D eigenvalue weighted by molar-refractivity contribution is 8.40. The number of hydrogen-bond donors (Lipinski definition) is 1. The lowest BCUT2D eigenvalue weighted by atomic mass is 10.2. The molecular formula is C16H14ClFN2O2S2. The molecule has 3 rings (SSSR count). The highest BCUT2D eigenvalue weighted by Crippen LogP contribution is 2.34. The SMILES string of the molecule is O=S(=O)(CC1=NN=C[SH]1Cc1ccc(F)cc1)c1ccc(Cl)cc1. The fourth-order valence-electron chi connectivity index (χ4n) is 2.20. The first-order valence-electron chi connectivity index (χ1n) is 7.03. The van der Waals surface area contributed by atoms with E-state index in [0.29, 0.717) is 15.8 Å². The van der Waals surface area contributed by atoms with Gasteiger partial charge in [-0.1, -0.05) is 23.7 Å². The van der Waals surface area contributed by atoms with E-state index in [1.807, 2.05) is 0 Å². The predicted molar refractivity (Wildman–Crippen MR) is 98.5 cm³/mol. The molecule has 1 atom stereocenters. The third-order valence-corrected chi connectivity index (χ3v) is 7.56. The molecule has 1 aliphatic rings. The summed E-state index contributed by atoms with van der Waals surface area (Å²) >= 11 is 5.79. The monoisotopic (exact) mass is 384 g/mol. The summed E-state index contributed by atoms with van der Waals surface area (Å²) in [6.07, 6.45) is 0. The largest absolute Gasteiger partial charge is 0.223 e. The topological polar surface area (TPSA) is 58.9 Å². The van der Waals surface area contributed by atoms with Gasteiger partial charge in [-0.2, -0.15) is 16.0 Å². The second kappa shape index (κ2) is 7.04. The molecule has 1 heterocycles. The maximum Gasteiger partial charge on any atom is 0.184 e. The molecule has 0 N–H and O–H groups in total. The molecule has 0 spiro atoms. The number of rotatable bonds is 5. The minimum Gasteiger partial charge on any atom is -0.223 e. The minimum absolute atomic E-state index is 0.179. The second-order valence-electron chi connectivity index (χ2n) is 5.21. The Hall–Kier alpha value is -1.70. The van der Waals surface area contributed by atoms with Crippen molar-refractivity contribution in [3.63, 3.8) is 0 Å². The van der Waals surface area contributed by atoms with E-state index in [1.165, 1.54) is 24.3 Å². The fourth-order valence-corrected chi connectivity index (χ4v) is 5.96. The minimum atomic E-state index is -3.51. The summed E-state index contributed by atoms with van der Waals surface area (Å²) < 4.78 is 38.0. The second-order valence-corrected chi connectivity index (χ2v) is 9.64. The molecule has 126 valence electrons. The van der Waals surface area contributed by atoms with Crippen LogP contribution >= 0.6 is 22.5 Å². The fraction of sp³-hybridized carbons (Fsp3) is 0.125. The van der Waals surface area contributed by atoms with Crippen LogP contribution < -0.4 is 0 Å². The summed E-state index contributed by atoms with van der Waals surface area (Å²) in [4.78, 5) is 0.207. The zero-order chi connectivity index (χ0) is 17.2. The highest BCUT2D eigenvalue weighted by atomic mass is 35.5. The van der Waals surface area contributed by atoms with Crippen LogP contribution in [0.25, 0.3) is 0 Å². The van der Waals surface area contributed by atoms with Gasteiger partial charge in [-0.05, 0) is 42.0 Å². The molecule has 2 aromatic rings. The molecule has 0 amide bonds. The van der Waals surface area contributed by atoms with Crippen molar-refractivity contribution in [3.05, 3.63) is 64.9 Å². The third kappa shape index (κ3) is 4.03. The molecule has 0 radical (unpaired) electrons. The van der Waals surface area contributed by atoms with Crippen molar-refractivity contribution in [2.75, 3.05) is 5.75 Å². The van der Waals surface area contributed by atoms with Gasteiger partial charge in [0.1, 0.15) is 11.6 Å². The summed E-state index contributed by atoms with van der Waals surface area (Å²) in [5.41, 5.74) is 2.61. The molecule has 0 aromatic heterocycles. The number of halogens is 2. The van der Waals surface area contributed by atoms with Crippen LogP contribution in [0.15, 0.2) is 63.6 Å². The summed E-state index contributed by atoms with van der Waals surface area (Å²) in [6, 6.07) is 12.2. The van der Waals surface area contributed by atoms with Crippen LogP contribution in [0, 0.1) is 5.82 Å². The van der Waals surface area contributed by atoms with E-state index in [1.54, 1.807) is 29.8 Å². The van der Waals surface area contributed by atoms with Crippen molar-refractivity contribution in [2.24, 2.45) is 10.2 Å². The molecule has 2 aromatic carbocycles. The average Bonchev–Trinajstić information content (AvgIpc) is 2.96. The van der Waals surface area contributed by atoms with E-state index < -0.39 is 20.7 Å². The molecule has 0 fully saturated rings. The Morgan fingerprint density at radius 3 is 2.38 bits per heavy atom. The van der Waals surface area contributed by atoms with E-state index in [2.05, 4.69) is 10.2 Å². The summed E-state index contributed by atoms with van der Waals surface area (Å²) in [7, 11) is -4.43. The number of sulfone groups is 1. The van der Waals surface area contributed by atoms with E-state index in [9.17, 15) is 12.8 Å². The van der Waals surface area contributed by atoms with Gasteiger partial charge in [0.05, 0.1) is 15.5 Å². The molecule has 0 aliphatic carbocycles. The summed E-state index contributed by atoms with van der Waals surface area (Å²) in [6.45, 7) is 0. The van der Waals surface area contributed by atoms with Crippen molar-refractivity contribution in [3.8, 4) is 0 Å². The van der Waals surface area contributed by atoms with Crippen LogP contribution in [0.4, 0.5) is 4.39 Å². The molecule has 0 saturated carbocycles. The smallest absolute Gasteiger partial charge is 0.184 e. The lowest BCUT2D eigenvalue weighted by Gasteiger charge is -2.15. The van der Waals surface area contributed by atoms with Crippen molar-refractivity contribution in [2.45, 2.75) is 10.6 Å². The molecule has 0 bridgehead atoms. The molecule has 8 heteroatoms. The van der Waals surface area contributed by atoms with Gasteiger partial charge in [-0.15, -0.1) is 5.10 Å². The van der Waals surface area contributed by atoms with Crippen molar-refractivity contribution >= 4 is 42.9 Å². The molecular weight excluding hydrogens is 371 g/mol. The zero-order valence-electron chi connectivity index (χ0n) is 12.4. The Balaban J connectivity index is 1.74. The van der Waals surface area contributed by atoms with Crippen LogP contribution in [-0.4, -0.2) is 24.8 Å². The molecule has 24 heavy (non-hydrogen) atoms. The Bertz CT molecular complexity index is 895. The van der Waals surface area contributed by atoms with E-state index in [0.717, 1.165) is 5.56 Å².